The van der Waals surface area contributed by atoms with E-state index in [1.165, 1.54) is 5.56 Å². The molecular weight excluding hydrogens is 448 g/mol. The lowest BCUT2D eigenvalue weighted by Gasteiger charge is -2.22. The molecule has 4 rings (SSSR count). The van der Waals surface area contributed by atoms with Crippen LogP contribution in [0.2, 0.25) is 0 Å². The molecule has 25 heavy (non-hydrogen) atoms. The van der Waals surface area contributed by atoms with Crippen LogP contribution in [0.25, 0.3) is 0 Å². The first-order valence-corrected chi connectivity index (χ1v) is 9.78. The third-order valence-electron chi connectivity index (χ3n) is 4.80. The van der Waals surface area contributed by atoms with Gasteiger partial charge >= 0.3 is 0 Å². The predicted molar refractivity (Wildman–Crippen MR) is 104 cm³/mol. The summed E-state index contributed by atoms with van der Waals surface area (Å²) >= 11 is 6.88. The number of fused-ring (bicyclic) bond motifs is 1. The molecule has 2 aromatic carbocycles. The number of halogens is 2. The summed E-state index contributed by atoms with van der Waals surface area (Å²) < 4.78 is 1.75. The zero-order valence-electron chi connectivity index (χ0n) is 13.3. The zero-order valence-corrected chi connectivity index (χ0v) is 16.5. The molecule has 2 aliphatic rings. The van der Waals surface area contributed by atoms with Gasteiger partial charge in [0.1, 0.15) is 0 Å². The number of carbonyl (C=O) groups is 2. The summed E-state index contributed by atoms with van der Waals surface area (Å²) in [5.74, 6) is 0.214. The molecule has 0 unspecified atom stereocenters. The Hall–Kier alpha value is -1.66. The van der Waals surface area contributed by atoms with E-state index in [2.05, 4.69) is 49.3 Å². The number of benzene rings is 2. The molecule has 0 bridgehead atoms. The van der Waals surface area contributed by atoms with Gasteiger partial charge in [0.15, 0.2) is 0 Å². The third-order valence-corrected chi connectivity index (χ3v) is 5.99. The number of carbonyl (C=O) groups excluding carboxylic acids is 2. The highest BCUT2D eigenvalue weighted by Gasteiger charge is 2.46. The van der Waals surface area contributed by atoms with Gasteiger partial charge in [0.05, 0.1) is 11.3 Å². The van der Waals surface area contributed by atoms with E-state index >= 15 is 0 Å². The summed E-state index contributed by atoms with van der Waals surface area (Å²) in [6.45, 7) is 0.957. The van der Waals surface area contributed by atoms with E-state index < -0.39 is 0 Å². The molecule has 128 valence electrons. The van der Waals surface area contributed by atoms with Crippen molar-refractivity contribution in [2.45, 2.75) is 12.3 Å². The van der Waals surface area contributed by atoms with Crippen LogP contribution in [0, 0.1) is 5.92 Å². The Bertz CT molecular complexity index is 851. The van der Waals surface area contributed by atoms with Crippen molar-refractivity contribution in [1.29, 1.82) is 0 Å². The van der Waals surface area contributed by atoms with Crippen LogP contribution in [0.5, 0.6) is 0 Å². The largest absolute Gasteiger partial charge is 0.350 e. The van der Waals surface area contributed by atoms with Crippen molar-refractivity contribution < 1.29 is 9.59 Å². The summed E-state index contributed by atoms with van der Waals surface area (Å²) in [6.07, 6.45) is 0.863. The van der Waals surface area contributed by atoms with Crippen molar-refractivity contribution in [2.75, 3.05) is 18.0 Å². The fourth-order valence-electron chi connectivity index (χ4n) is 3.43. The van der Waals surface area contributed by atoms with Crippen LogP contribution in [0.1, 0.15) is 28.3 Å². The molecule has 0 aromatic heterocycles. The van der Waals surface area contributed by atoms with Crippen LogP contribution >= 0.6 is 31.9 Å². The van der Waals surface area contributed by atoms with Crippen molar-refractivity contribution in [1.82, 2.24) is 5.32 Å². The number of nitrogens with zero attached hydrogens (tertiary/aromatic N) is 1. The molecule has 0 radical (unpaired) electrons. The van der Waals surface area contributed by atoms with Crippen molar-refractivity contribution in [3.05, 3.63) is 62.5 Å². The standard InChI is InChI=1S/C19H16Br2N2O2/c20-12-6-4-11(5-7-12)13-10-14(13)19(25)23-9-8-22-18(24)17-15(21)2-1-3-16(17)23/h1-7,13-14H,8-10H2,(H,22,24)/t13-,14+/m0/s1. The minimum Gasteiger partial charge on any atom is -0.350 e. The Morgan fingerprint density at radius 1 is 1.12 bits per heavy atom. The quantitative estimate of drug-likeness (QED) is 0.729. The first-order chi connectivity index (χ1) is 12.1. The zero-order chi connectivity index (χ0) is 17.6. The maximum Gasteiger partial charge on any atom is 0.254 e. The monoisotopic (exact) mass is 462 g/mol. The van der Waals surface area contributed by atoms with Gasteiger partial charge in [0.2, 0.25) is 5.91 Å². The number of amides is 2. The lowest BCUT2D eigenvalue weighted by molar-refractivity contribution is -0.119. The van der Waals surface area contributed by atoms with E-state index in [9.17, 15) is 9.59 Å². The third kappa shape index (κ3) is 3.13. The van der Waals surface area contributed by atoms with Crippen molar-refractivity contribution in [3.8, 4) is 0 Å². The van der Waals surface area contributed by atoms with Gasteiger partial charge in [-0.15, -0.1) is 0 Å². The fraction of sp³-hybridized carbons (Fsp3) is 0.263. The van der Waals surface area contributed by atoms with Crippen molar-refractivity contribution in [2.24, 2.45) is 5.92 Å². The van der Waals surface area contributed by atoms with Crippen LogP contribution in [-0.2, 0) is 4.79 Å². The van der Waals surface area contributed by atoms with Gasteiger partial charge in [-0.3, -0.25) is 9.59 Å². The SMILES string of the molecule is O=C1NCCN(C(=O)[C@@H]2C[C@H]2c2ccc(Br)cc2)c2cccc(Br)c21. The van der Waals surface area contributed by atoms with E-state index in [0.717, 1.165) is 10.9 Å². The molecule has 0 spiro atoms. The molecule has 2 atom stereocenters. The Labute approximate surface area is 162 Å². The summed E-state index contributed by atoms with van der Waals surface area (Å²) in [5.41, 5.74) is 2.42. The minimum atomic E-state index is -0.141. The van der Waals surface area contributed by atoms with E-state index in [0.29, 0.717) is 28.8 Å². The van der Waals surface area contributed by atoms with E-state index in [1.54, 1.807) is 4.90 Å². The predicted octanol–water partition coefficient (Wildman–Crippen LogP) is 4.09. The number of hydrogen-bond donors (Lipinski definition) is 1. The Morgan fingerprint density at radius 3 is 2.64 bits per heavy atom. The number of nitrogens with one attached hydrogen (secondary N) is 1. The van der Waals surface area contributed by atoms with E-state index in [4.69, 9.17) is 0 Å². The van der Waals surface area contributed by atoms with Crippen LogP contribution in [-0.4, -0.2) is 24.9 Å². The summed E-state index contributed by atoms with van der Waals surface area (Å²) in [6, 6.07) is 13.7. The van der Waals surface area contributed by atoms with E-state index in [1.807, 2.05) is 30.3 Å². The van der Waals surface area contributed by atoms with Crippen LogP contribution < -0.4 is 10.2 Å². The molecule has 0 saturated heterocycles. The first-order valence-electron chi connectivity index (χ1n) is 8.20. The average molecular weight is 464 g/mol. The van der Waals surface area contributed by atoms with Gasteiger partial charge < -0.3 is 10.2 Å². The fourth-order valence-corrected chi connectivity index (χ4v) is 4.23. The van der Waals surface area contributed by atoms with Crippen molar-refractivity contribution >= 4 is 49.4 Å². The van der Waals surface area contributed by atoms with Crippen LogP contribution in [0.15, 0.2) is 51.4 Å². The van der Waals surface area contributed by atoms with Crippen molar-refractivity contribution in [3.63, 3.8) is 0 Å². The number of hydrogen-bond acceptors (Lipinski definition) is 2. The molecule has 1 fully saturated rings. The highest BCUT2D eigenvalue weighted by Crippen LogP contribution is 2.49. The summed E-state index contributed by atoms with van der Waals surface area (Å²) in [5, 5.41) is 2.87. The molecule has 6 heteroatoms. The smallest absolute Gasteiger partial charge is 0.254 e. The molecule has 1 N–H and O–H groups in total. The molecule has 1 aliphatic heterocycles. The minimum absolute atomic E-state index is 0.0128. The lowest BCUT2D eigenvalue weighted by atomic mass is 10.1. The van der Waals surface area contributed by atoms with Gasteiger partial charge in [0, 0.05) is 28.0 Å². The molecule has 2 aromatic rings. The molecule has 1 aliphatic carbocycles. The molecule has 1 heterocycles. The Kier molecular flexibility index (Phi) is 4.41. The average Bonchev–Trinajstić information content (AvgIpc) is 3.40. The highest BCUT2D eigenvalue weighted by atomic mass is 79.9. The molecule has 2 amide bonds. The highest BCUT2D eigenvalue weighted by molar-refractivity contribution is 9.10. The topological polar surface area (TPSA) is 49.4 Å². The number of rotatable bonds is 2. The maximum atomic E-state index is 13.1. The van der Waals surface area contributed by atoms with Crippen LogP contribution in [0.4, 0.5) is 5.69 Å². The van der Waals surface area contributed by atoms with Gasteiger partial charge in [0.25, 0.3) is 5.91 Å². The molecule has 1 saturated carbocycles. The second-order valence-corrected chi connectivity index (χ2v) is 8.15. The first kappa shape index (κ1) is 16.8. The summed E-state index contributed by atoms with van der Waals surface area (Å²) in [7, 11) is 0. The normalized spacial score (nSPS) is 22.0. The van der Waals surface area contributed by atoms with E-state index in [-0.39, 0.29) is 23.7 Å². The summed E-state index contributed by atoms with van der Waals surface area (Å²) in [4.78, 5) is 27.2. The Balaban J connectivity index is 1.61. The maximum absolute atomic E-state index is 13.1. The van der Waals surface area contributed by atoms with Gasteiger partial charge in [-0.2, -0.15) is 0 Å². The number of anilines is 1. The second kappa shape index (κ2) is 6.57. The molecular formula is C19H16Br2N2O2. The molecule has 4 nitrogen and oxygen atoms in total. The van der Waals surface area contributed by atoms with Crippen LogP contribution in [0.3, 0.4) is 0 Å². The Morgan fingerprint density at radius 2 is 1.88 bits per heavy atom. The van der Waals surface area contributed by atoms with Gasteiger partial charge in [-0.05, 0) is 58.1 Å². The van der Waals surface area contributed by atoms with Gasteiger partial charge in [-0.25, -0.2) is 0 Å². The van der Waals surface area contributed by atoms with Gasteiger partial charge in [-0.1, -0.05) is 34.1 Å². The second-order valence-electron chi connectivity index (χ2n) is 6.38. The lowest BCUT2D eigenvalue weighted by Crippen LogP contribution is -2.36.